The Kier molecular flexibility index (Phi) is 6.14. The third-order valence-electron chi connectivity index (χ3n) is 5.74. The van der Waals surface area contributed by atoms with Crippen LogP contribution in [-0.2, 0) is 28.5 Å². The van der Waals surface area contributed by atoms with E-state index in [1.54, 1.807) is 13.8 Å². The molecule has 2 aliphatic heterocycles. The van der Waals surface area contributed by atoms with Crippen LogP contribution in [-0.4, -0.2) is 55.7 Å². The van der Waals surface area contributed by atoms with Crippen molar-refractivity contribution < 1.29 is 33.6 Å². The van der Waals surface area contributed by atoms with E-state index in [2.05, 4.69) is 6.58 Å². The Morgan fingerprint density at radius 3 is 2.41 bits per heavy atom. The Balaban J connectivity index is 1.72. The van der Waals surface area contributed by atoms with Gasteiger partial charge in [0.2, 0.25) is 11.6 Å². The standard InChI is InChI=1S/C22H28O7/c1-14(15-9-7-6-8-10-15)11-16-17(23)12-18(28-20(16)24)19-13-27-21(2,25-4)22(3,26-5)29-19/h6-10,18-19,23H,1,11-13H2,2-5H3/t18?,19-,21+,22+/m0/s1. The predicted molar refractivity (Wildman–Crippen MR) is 106 cm³/mol. The van der Waals surface area contributed by atoms with E-state index in [1.165, 1.54) is 14.2 Å². The average Bonchev–Trinajstić information content (AvgIpc) is 2.73. The van der Waals surface area contributed by atoms with Crippen LogP contribution in [0.2, 0.25) is 0 Å². The third-order valence-corrected chi connectivity index (χ3v) is 5.74. The summed E-state index contributed by atoms with van der Waals surface area (Å²) in [6.45, 7) is 7.55. The van der Waals surface area contributed by atoms with Crippen molar-refractivity contribution in [3.8, 4) is 0 Å². The first-order valence-corrected chi connectivity index (χ1v) is 9.50. The normalized spacial score (nSPS) is 32.8. The maximum Gasteiger partial charge on any atom is 0.338 e. The second kappa shape index (κ2) is 8.28. The van der Waals surface area contributed by atoms with Crippen molar-refractivity contribution in [2.24, 2.45) is 0 Å². The molecule has 4 atom stereocenters. The van der Waals surface area contributed by atoms with Crippen LogP contribution in [0.3, 0.4) is 0 Å². The van der Waals surface area contributed by atoms with E-state index in [-0.39, 0.29) is 30.8 Å². The molecule has 1 aromatic carbocycles. The van der Waals surface area contributed by atoms with E-state index in [9.17, 15) is 9.90 Å². The SMILES string of the molecule is C=C(CC1=C(O)CC([C@@H]2CO[C@@](C)(OC)[C@](C)(OC)O2)OC1=O)c1ccccc1. The van der Waals surface area contributed by atoms with Gasteiger partial charge >= 0.3 is 5.97 Å². The number of benzene rings is 1. The van der Waals surface area contributed by atoms with Crippen LogP contribution in [0.4, 0.5) is 0 Å². The fourth-order valence-electron chi connectivity index (χ4n) is 3.52. The summed E-state index contributed by atoms with van der Waals surface area (Å²) >= 11 is 0. The molecular weight excluding hydrogens is 376 g/mol. The van der Waals surface area contributed by atoms with Crippen molar-refractivity contribution in [1.29, 1.82) is 0 Å². The summed E-state index contributed by atoms with van der Waals surface area (Å²) < 4.78 is 28.4. The van der Waals surface area contributed by atoms with Gasteiger partial charge in [0.05, 0.1) is 12.2 Å². The Morgan fingerprint density at radius 2 is 1.83 bits per heavy atom. The highest BCUT2D eigenvalue weighted by atomic mass is 16.8. The van der Waals surface area contributed by atoms with Gasteiger partial charge in [0.1, 0.15) is 18.0 Å². The molecule has 0 radical (unpaired) electrons. The fraction of sp³-hybridized carbons (Fsp3) is 0.500. The maximum atomic E-state index is 12.6. The van der Waals surface area contributed by atoms with Crippen molar-refractivity contribution in [1.82, 2.24) is 0 Å². The molecule has 7 heteroatoms. The minimum Gasteiger partial charge on any atom is -0.512 e. The first-order chi connectivity index (χ1) is 13.7. The number of aliphatic hydroxyl groups is 1. The lowest BCUT2D eigenvalue weighted by atomic mass is 9.94. The summed E-state index contributed by atoms with van der Waals surface area (Å²) in [6, 6.07) is 9.50. The molecular formula is C22H28O7. The molecule has 29 heavy (non-hydrogen) atoms. The summed E-state index contributed by atoms with van der Waals surface area (Å²) in [6.07, 6.45) is -0.984. The number of esters is 1. The van der Waals surface area contributed by atoms with Gasteiger partial charge in [0.25, 0.3) is 0 Å². The van der Waals surface area contributed by atoms with Crippen LogP contribution >= 0.6 is 0 Å². The van der Waals surface area contributed by atoms with Gasteiger partial charge in [-0.1, -0.05) is 36.9 Å². The zero-order chi connectivity index (χ0) is 21.2. The average molecular weight is 404 g/mol. The van der Waals surface area contributed by atoms with Crippen molar-refractivity contribution in [3.05, 3.63) is 53.8 Å². The van der Waals surface area contributed by atoms with Crippen LogP contribution < -0.4 is 0 Å². The number of hydrogen-bond donors (Lipinski definition) is 1. The van der Waals surface area contributed by atoms with Gasteiger partial charge in [-0.15, -0.1) is 0 Å². The number of carbonyl (C=O) groups is 1. The summed E-state index contributed by atoms with van der Waals surface area (Å²) in [4.78, 5) is 12.6. The first-order valence-electron chi connectivity index (χ1n) is 9.50. The highest BCUT2D eigenvalue weighted by Crippen LogP contribution is 2.39. The van der Waals surface area contributed by atoms with Gasteiger partial charge in [0.15, 0.2) is 0 Å². The molecule has 3 rings (SSSR count). The number of carbonyl (C=O) groups excluding carboxylic acids is 1. The monoisotopic (exact) mass is 404 g/mol. The topological polar surface area (TPSA) is 83.5 Å². The molecule has 1 N–H and O–H groups in total. The zero-order valence-corrected chi connectivity index (χ0v) is 17.3. The molecule has 0 amide bonds. The van der Waals surface area contributed by atoms with Gasteiger partial charge in [-0.25, -0.2) is 4.79 Å². The molecule has 1 aromatic rings. The molecule has 158 valence electrons. The molecule has 2 aliphatic rings. The van der Waals surface area contributed by atoms with Crippen LogP contribution in [0, 0.1) is 0 Å². The lowest BCUT2D eigenvalue weighted by molar-refractivity contribution is -0.436. The van der Waals surface area contributed by atoms with E-state index < -0.39 is 29.8 Å². The van der Waals surface area contributed by atoms with Gasteiger partial charge in [-0.05, 0) is 25.0 Å². The number of allylic oxidation sites excluding steroid dienone is 1. The third kappa shape index (κ3) is 4.09. The highest BCUT2D eigenvalue weighted by molar-refractivity contribution is 5.92. The molecule has 2 heterocycles. The second-order valence-electron chi connectivity index (χ2n) is 7.49. The molecule has 7 nitrogen and oxygen atoms in total. The maximum absolute atomic E-state index is 12.6. The quantitative estimate of drug-likeness (QED) is 0.728. The van der Waals surface area contributed by atoms with Crippen LogP contribution in [0.15, 0.2) is 48.2 Å². The number of aliphatic hydroxyl groups excluding tert-OH is 1. The number of methoxy groups -OCH3 is 2. The number of rotatable bonds is 6. The molecule has 0 spiro atoms. The number of hydrogen-bond acceptors (Lipinski definition) is 7. The summed E-state index contributed by atoms with van der Waals surface area (Å²) in [7, 11) is 2.99. The van der Waals surface area contributed by atoms with Gasteiger partial charge in [-0.3, -0.25) is 0 Å². The van der Waals surface area contributed by atoms with Gasteiger partial charge in [0, 0.05) is 27.1 Å². The van der Waals surface area contributed by atoms with Crippen LogP contribution in [0.1, 0.15) is 32.3 Å². The Bertz CT molecular complexity index is 803. The minimum atomic E-state index is -1.21. The molecule has 0 bridgehead atoms. The van der Waals surface area contributed by atoms with Crippen molar-refractivity contribution in [2.75, 3.05) is 20.8 Å². The largest absolute Gasteiger partial charge is 0.512 e. The Morgan fingerprint density at radius 1 is 1.17 bits per heavy atom. The van der Waals surface area contributed by atoms with Crippen LogP contribution in [0.25, 0.3) is 5.57 Å². The number of ether oxygens (including phenoxy) is 5. The molecule has 1 fully saturated rings. The highest BCUT2D eigenvalue weighted by Gasteiger charge is 2.55. The Labute approximate surface area is 170 Å². The second-order valence-corrected chi connectivity index (χ2v) is 7.49. The molecule has 1 saturated heterocycles. The van der Waals surface area contributed by atoms with E-state index in [0.29, 0.717) is 0 Å². The van der Waals surface area contributed by atoms with E-state index in [0.717, 1.165) is 11.1 Å². The molecule has 0 saturated carbocycles. The fourth-order valence-corrected chi connectivity index (χ4v) is 3.52. The van der Waals surface area contributed by atoms with Crippen molar-refractivity contribution in [3.63, 3.8) is 0 Å². The van der Waals surface area contributed by atoms with E-state index in [1.807, 2.05) is 30.3 Å². The Hall–Kier alpha value is -2.19. The predicted octanol–water partition coefficient (Wildman–Crippen LogP) is 3.36. The summed E-state index contributed by atoms with van der Waals surface area (Å²) in [5, 5.41) is 10.6. The van der Waals surface area contributed by atoms with Crippen molar-refractivity contribution in [2.45, 2.75) is 50.5 Å². The molecule has 0 aromatic heterocycles. The molecule has 0 aliphatic carbocycles. The van der Waals surface area contributed by atoms with Gasteiger partial charge in [-0.2, -0.15) is 0 Å². The van der Waals surface area contributed by atoms with Crippen LogP contribution in [0.5, 0.6) is 0 Å². The lowest BCUT2D eigenvalue weighted by Crippen LogP contribution is -2.64. The molecule has 1 unspecified atom stereocenters. The minimum absolute atomic E-state index is 0.0221. The lowest BCUT2D eigenvalue weighted by Gasteiger charge is -2.50. The zero-order valence-electron chi connectivity index (χ0n) is 17.3. The summed E-state index contributed by atoms with van der Waals surface area (Å²) in [5.41, 5.74) is 1.84. The first kappa shape index (κ1) is 21.5. The summed E-state index contributed by atoms with van der Waals surface area (Å²) in [5.74, 6) is -2.93. The van der Waals surface area contributed by atoms with E-state index in [4.69, 9.17) is 23.7 Å². The van der Waals surface area contributed by atoms with Crippen molar-refractivity contribution >= 4 is 11.5 Å². The van der Waals surface area contributed by atoms with E-state index >= 15 is 0 Å². The van der Waals surface area contributed by atoms with Gasteiger partial charge < -0.3 is 28.8 Å². The number of cyclic esters (lactones) is 1. The smallest absolute Gasteiger partial charge is 0.338 e.